The number of carboxylic acids is 1. The molecule has 1 aliphatic rings. The van der Waals surface area contributed by atoms with Gasteiger partial charge >= 0.3 is 5.97 Å². The molecule has 0 unspecified atom stereocenters. The molecule has 2 heterocycles. The van der Waals surface area contributed by atoms with Gasteiger partial charge in [0.2, 0.25) is 11.8 Å². The highest BCUT2D eigenvalue weighted by molar-refractivity contribution is 5.96. The van der Waals surface area contributed by atoms with Crippen molar-refractivity contribution in [1.82, 2.24) is 9.47 Å². The molecular formula is C18H21N3O4. The first-order chi connectivity index (χ1) is 12.0. The number of aromatic nitrogens is 1. The van der Waals surface area contributed by atoms with E-state index in [2.05, 4.69) is 5.32 Å². The van der Waals surface area contributed by atoms with Crippen LogP contribution in [0.2, 0.25) is 0 Å². The molecule has 2 aromatic rings. The van der Waals surface area contributed by atoms with E-state index in [0.29, 0.717) is 18.7 Å². The molecule has 1 saturated heterocycles. The molecule has 0 bridgehead atoms. The fourth-order valence-electron chi connectivity index (χ4n) is 3.14. The summed E-state index contributed by atoms with van der Waals surface area (Å²) >= 11 is 0. The fourth-order valence-corrected chi connectivity index (χ4v) is 3.14. The number of fused-ring (bicyclic) bond motifs is 1. The summed E-state index contributed by atoms with van der Waals surface area (Å²) in [5.41, 5.74) is 1.43. The van der Waals surface area contributed by atoms with Crippen molar-refractivity contribution in [2.75, 3.05) is 18.4 Å². The Morgan fingerprint density at radius 1 is 1.12 bits per heavy atom. The van der Waals surface area contributed by atoms with Crippen molar-refractivity contribution < 1.29 is 19.5 Å². The normalized spacial score (nSPS) is 15.2. The number of rotatable bonds is 5. The SMILES string of the molecule is O=C(O)Cn1ccc2cc(NC(=O)CN3CCCCCC3=O)ccc21. The smallest absolute Gasteiger partial charge is 0.323 e. The topological polar surface area (TPSA) is 91.6 Å². The summed E-state index contributed by atoms with van der Waals surface area (Å²) in [4.78, 5) is 36.7. The number of likely N-dealkylation sites (tertiary alicyclic amines) is 1. The Hall–Kier alpha value is -2.83. The minimum atomic E-state index is -0.906. The Morgan fingerprint density at radius 2 is 1.96 bits per heavy atom. The molecule has 1 fully saturated rings. The third-order valence-electron chi connectivity index (χ3n) is 4.37. The van der Waals surface area contributed by atoms with E-state index >= 15 is 0 Å². The van der Waals surface area contributed by atoms with E-state index in [4.69, 9.17) is 5.11 Å². The van der Waals surface area contributed by atoms with Crippen molar-refractivity contribution in [3.63, 3.8) is 0 Å². The van der Waals surface area contributed by atoms with Crippen LogP contribution in [0, 0.1) is 0 Å². The first-order valence-electron chi connectivity index (χ1n) is 8.41. The van der Waals surface area contributed by atoms with Crippen LogP contribution >= 0.6 is 0 Å². The average Bonchev–Trinajstić information content (AvgIpc) is 2.83. The predicted octanol–water partition coefficient (Wildman–Crippen LogP) is 2.07. The van der Waals surface area contributed by atoms with Gasteiger partial charge in [0.05, 0.1) is 6.54 Å². The number of aliphatic carboxylic acids is 1. The standard InChI is InChI=1S/C18H21N3O4/c22-16(11-21-8-3-1-2-4-17(21)23)19-14-5-6-15-13(10-14)7-9-20(15)12-18(24)25/h5-7,9-10H,1-4,8,11-12H2,(H,19,22)(H,24,25). The number of carbonyl (C=O) groups is 3. The molecule has 2 amide bonds. The Morgan fingerprint density at radius 3 is 2.76 bits per heavy atom. The first-order valence-corrected chi connectivity index (χ1v) is 8.41. The first kappa shape index (κ1) is 17.0. The number of hydrogen-bond donors (Lipinski definition) is 2. The summed E-state index contributed by atoms with van der Waals surface area (Å²) in [6.45, 7) is 0.590. The van der Waals surface area contributed by atoms with Crippen LogP contribution in [-0.4, -0.2) is 45.4 Å². The van der Waals surface area contributed by atoms with Gasteiger partial charge in [-0.05, 0) is 37.1 Å². The highest BCUT2D eigenvalue weighted by Gasteiger charge is 2.19. The minimum Gasteiger partial charge on any atom is -0.480 e. The van der Waals surface area contributed by atoms with E-state index in [1.165, 1.54) is 0 Å². The molecule has 132 valence electrons. The highest BCUT2D eigenvalue weighted by atomic mass is 16.4. The Balaban J connectivity index is 1.66. The number of nitrogens with zero attached hydrogens (tertiary/aromatic N) is 2. The molecule has 0 spiro atoms. The quantitative estimate of drug-likeness (QED) is 0.869. The lowest BCUT2D eigenvalue weighted by Gasteiger charge is -2.19. The second-order valence-corrected chi connectivity index (χ2v) is 6.29. The summed E-state index contributed by atoms with van der Waals surface area (Å²) < 4.78 is 1.64. The van der Waals surface area contributed by atoms with E-state index in [1.54, 1.807) is 33.9 Å². The molecule has 7 nitrogen and oxygen atoms in total. The van der Waals surface area contributed by atoms with Gasteiger partial charge in [-0.2, -0.15) is 0 Å². The number of benzene rings is 1. The van der Waals surface area contributed by atoms with Gasteiger partial charge in [-0.3, -0.25) is 14.4 Å². The molecular weight excluding hydrogens is 322 g/mol. The molecule has 0 radical (unpaired) electrons. The van der Waals surface area contributed by atoms with Crippen LogP contribution in [0.3, 0.4) is 0 Å². The van der Waals surface area contributed by atoms with E-state index in [1.807, 2.05) is 6.07 Å². The maximum absolute atomic E-state index is 12.2. The molecule has 0 saturated carbocycles. The van der Waals surface area contributed by atoms with Gasteiger partial charge in [0.1, 0.15) is 6.54 Å². The Labute approximate surface area is 145 Å². The number of nitrogens with one attached hydrogen (secondary N) is 1. The maximum atomic E-state index is 12.2. The van der Waals surface area contributed by atoms with Crippen molar-refractivity contribution in [2.45, 2.75) is 32.2 Å². The van der Waals surface area contributed by atoms with E-state index in [9.17, 15) is 14.4 Å². The van der Waals surface area contributed by atoms with E-state index < -0.39 is 5.97 Å². The van der Waals surface area contributed by atoms with Crippen LogP contribution < -0.4 is 5.32 Å². The molecule has 1 aromatic heterocycles. The molecule has 2 N–H and O–H groups in total. The van der Waals surface area contributed by atoms with Gasteiger partial charge in [-0.25, -0.2) is 0 Å². The largest absolute Gasteiger partial charge is 0.480 e. The van der Waals surface area contributed by atoms with Crippen LogP contribution in [0.5, 0.6) is 0 Å². The fraction of sp³-hybridized carbons (Fsp3) is 0.389. The number of carbonyl (C=O) groups excluding carboxylic acids is 2. The lowest BCUT2D eigenvalue weighted by molar-refractivity contribution is -0.137. The monoisotopic (exact) mass is 343 g/mol. The van der Waals surface area contributed by atoms with Gasteiger partial charge in [-0.15, -0.1) is 0 Å². The summed E-state index contributed by atoms with van der Waals surface area (Å²) in [5, 5.41) is 12.6. The zero-order valence-corrected chi connectivity index (χ0v) is 13.9. The molecule has 1 aromatic carbocycles. The number of amides is 2. The highest BCUT2D eigenvalue weighted by Crippen LogP contribution is 2.21. The van der Waals surface area contributed by atoms with Gasteiger partial charge in [0.15, 0.2) is 0 Å². The predicted molar refractivity (Wildman–Crippen MR) is 93.3 cm³/mol. The number of hydrogen-bond acceptors (Lipinski definition) is 3. The lowest BCUT2D eigenvalue weighted by atomic mass is 10.2. The Kier molecular flexibility index (Phi) is 5.02. The molecule has 7 heteroatoms. The second-order valence-electron chi connectivity index (χ2n) is 6.29. The summed E-state index contributed by atoms with van der Waals surface area (Å²) in [5.74, 6) is -1.09. The van der Waals surface area contributed by atoms with Crippen molar-refractivity contribution >= 4 is 34.4 Å². The van der Waals surface area contributed by atoms with Gasteiger partial charge < -0.3 is 19.9 Å². The maximum Gasteiger partial charge on any atom is 0.323 e. The lowest BCUT2D eigenvalue weighted by Crippen LogP contribution is -2.37. The third kappa shape index (κ3) is 4.17. The van der Waals surface area contributed by atoms with Crippen LogP contribution in [0.4, 0.5) is 5.69 Å². The molecule has 3 rings (SSSR count). The number of carboxylic acid groups (broad SMARTS) is 1. The van der Waals surface area contributed by atoms with Crippen LogP contribution in [0.15, 0.2) is 30.5 Å². The summed E-state index contributed by atoms with van der Waals surface area (Å²) in [6, 6.07) is 7.13. The number of anilines is 1. The van der Waals surface area contributed by atoms with Crippen molar-refractivity contribution in [3.8, 4) is 0 Å². The molecule has 0 aliphatic carbocycles. The van der Waals surface area contributed by atoms with Crippen molar-refractivity contribution in [3.05, 3.63) is 30.5 Å². The molecule has 25 heavy (non-hydrogen) atoms. The summed E-state index contributed by atoms with van der Waals surface area (Å²) in [6.07, 6.45) is 5.06. The van der Waals surface area contributed by atoms with Gasteiger partial charge in [-0.1, -0.05) is 6.42 Å². The van der Waals surface area contributed by atoms with Crippen LogP contribution in [0.25, 0.3) is 10.9 Å². The Bertz CT molecular complexity index is 812. The third-order valence-corrected chi connectivity index (χ3v) is 4.37. The van der Waals surface area contributed by atoms with E-state index in [-0.39, 0.29) is 24.9 Å². The zero-order chi connectivity index (χ0) is 17.8. The zero-order valence-electron chi connectivity index (χ0n) is 13.9. The van der Waals surface area contributed by atoms with E-state index in [0.717, 1.165) is 30.2 Å². The molecule has 0 atom stereocenters. The average molecular weight is 343 g/mol. The minimum absolute atomic E-state index is 0.0360. The second kappa shape index (κ2) is 7.38. The van der Waals surface area contributed by atoms with Crippen LogP contribution in [-0.2, 0) is 20.9 Å². The van der Waals surface area contributed by atoms with Crippen LogP contribution in [0.1, 0.15) is 25.7 Å². The van der Waals surface area contributed by atoms with Gasteiger partial charge in [0, 0.05) is 35.8 Å². The van der Waals surface area contributed by atoms with Gasteiger partial charge in [0.25, 0.3) is 0 Å². The molecule has 1 aliphatic heterocycles. The summed E-state index contributed by atoms with van der Waals surface area (Å²) in [7, 11) is 0. The van der Waals surface area contributed by atoms with Crippen molar-refractivity contribution in [1.29, 1.82) is 0 Å². The van der Waals surface area contributed by atoms with Crippen molar-refractivity contribution in [2.24, 2.45) is 0 Å².